The molecule has 2 aromatic heterocycles. The number of hydrogen-bond donors (Lipinski definition) is 1. The van der Waals surface area contributed by atoms with E-state index in [0.717, 1.165) is 5.56 Å². The zero-order chi connectivity index (χ0) is 10.7. The molecule has 5 heteroatoms. The van der Waals surface area contributed by atoms with Crippen LogP contribution in [0.1, 0.15) is 0 Å². The molecule has 0 aromatic carbocycles. The molecule has 0 radical (unpaired) electrons. The Bertz CT molecular complexity index is 547. The topological polar surface area (TPSA) is 74.5 Å². The predicted octanol–water partition coefficient (Wildman–Crippen LogP) is 0.762. The number of H-pyrrole nitrogens is 1. The highest BCUT2D eigenvalue weighted by Gasteiger charge is 2.03. The second kappa shape index (κ2) is 3.80. The zero-order valence-corrected chi connectivity index (χ0v) is 7.84. The van der Waals surface area contributed by atoms with Crippen molar-refractivity contribution in [1.82, 2.24) is 14.8 Å². The molecule has 0 aliphatic carbocycles. The summed E-state index contributed by atoms with van der Waals surface area (Å²) in [4.78, 5) is 15.3. The molecule has 0 spiro atoms. The third kappa shape index (κ3) is 1.79. The summed E-state index contributed by atoms with van der Waals surface area (Å²) in [5.74, 6) is 0. The van der Waals surface area contributed by atoms with E-state index in [4.69, 9.17) is 5.26 Å². The highest BCUT2D eigenvalue weighted by atomic mass is 16.1. The standard InChI is InChI=1S/C10H8N4O/c11-3-6-14-10(15)7-9(13-14)8-1-4-12-5-2-8/h1-2,4-5,7,13H,6H2. The van der Waals surface area contributed by atoms with Gasteiger partial charge in [-0.3, -0.25) is 14.9 Å². The molecule has 0 saturated heterocycles. The molecule has 74 valence electrons. The molecule has 2 rings (SSSR count). The molecular weight excluding hydrogens is 192 g/mol. The lowest BCUT2D eigenvalue weighted by atomic mass is 10.2. The highest BCUT2D eigenvalue weighted by Crippen LogP contribution is 2.12. The number of hydrogen-bond acceptors (Lipinski definition) is 3. The summed E-state index contributed by atoms with van der Waals surface area (Å²) in [5.41, 5.74) is 1.36. The molecule has 15 heavy (non-hydrogen) atoms. The van der Waals surface area contributed by atoms with Gasteiger partial charge in [0.1, 0.15) is 6.54 Å². The molecule has 2 heterocycles. The fourth-order valence-corrected chi connectivity index (χ4v) is 1.30. The minimum absolute atomic E-state index is 0.0317. The van der Waals surface area contributed by atoms with Crippen molar-refractivity contribution in [2.24, 2.45) is 0 Å². The van der Waals surface area contributed by atoms with Crippen molar-refractivity contribution in [3.8, 4) is 17.3 Å². The van der Waals surface area contributed by atoms with Gasteiger partial charge in [0.2, 0.25) is 0 Å². The molecule has 0 saturated carbocycles. The van der Waals surface area contributed by atoms with Gasteiger partial charge in [-0.1, -0.05) is 0 Å². The van der Waals surface area contributed by atoms with Gasteiger partial charge in [0, 0.05) is 24.0 Å². The van der Waals surface area contributed by atoms with Crippen molar-refractivity contribution in [2.75, 3.05) is 0 Å². The number of nitrogens with one attached hydrogen (secondary N) is 1. The monoisotopic (exact) mass is 200 g/mol. The Balaban J connectivity index is 2.44. The number of pyridine rings is 1. The van der Waals surface area contributed by atoms with Crippen LogP contribution in [0.2, 0.25) is 0 Å². The van der Waals surface area contributed by atoms with Gasteiger partial charge in [0.15, 0.2) is 0 Å². The first-order valence-electron chi connectivity index (χ1n) is 4.38. The first kappa shape index (κ1) is 9.21. The minimum Gasteiger partial charge on any atom is -0.294 e. The third-order valence-corrected chi connectivity index (χ3v) is 2.01. The van der Waals surface area contributed by atoms with E-state index >= 15 is 0 Å². The fourth-order valence-electron chi connectivity index (χ4n) is 1.30. The van der Waals surface area contributed by atoms with Gasteiger partial charge in [0.25, 0.3) is 5.56 Å². The van der Waals surface area contributed by atoms with E-state index in [0.29, 0.717) is 5.69 Å². The lowest BCUT2D eigenvalue weighted by molar-refractivity contribution is 0.687. The molecule has 0 amide bonds. The SMILES string of the molecule is N#CCn1[nH]c(-c2ccncc2)cc1=O. The molecule has 5 nitrogen and oxygen atoms in total. The second-order valence-electron chi connectivity index (χ2n) is 2.99. The largest absolute Gasteiger partial charge is 0.294 e. The average Bonchev–Trinajstić information content (AvgIpc) is 2.63. The quantitative estimate of drug-likeness (QED) is 0.777. The molecular formula is C10H8N4O. The Morgan fingerprint density at radius 2 is 2.20 bits per heavy atom. The molecule has 0 unspecified atom stereocenters. The lowest BCUT2D eigenvalue weighted by Gasteiger charge is -1.96. The van der Waals surface area contributed by atoms with Gasteiger partial charge < -0.3 is 0 Å². The maximum atomic E-state index is 11.4. The van der Waals surface area contributed by atoms with Crippen molar-refractivity contribution in [1.29, 1.82) is 5.26 Å². The van der Waals surface area contributed by atoms with Gasteiger partial charge in [0.05, 0.1) is 11.8 Å². The summed E-state index contributed by atoms with van der Waals surface area (Å²) in [7, 11) is 0. The van der Waals surface area contributed by atoms with Crippen LogP contribution in [0.25, 0.3) is 11.3 Å². The smallest absolute Gasteiger partial charge is 0.268 e. The maximum Gasteiger partial charge on any atom is 0.268 e. The van der Waals surface area contributed by atoms with Crippen LogP contribution in [-0.2, 0) is 6.54 Å². The van der Waals surface area contributed by atoms with E-state index in [9.17, 15) is 4.79 Å². The Morgan fingerprint density at radius 1 is 1.47 bits per heavy atom. The van der Waals surface area contributed by atoms with Crippen LogP contribution in [-0.4, -0.2) is 14.8 Å². The number of nitrogens with zero attached hydrogens (tertiary/aromatic N) is 3. The first-order chi connectivity index (χ1) is 7.31. The van der Waals surface area contributed by atoms with Crippen LogP contribution in [0, 0.1) is 11.3 Å². The summed E-state index contributed by atoms with van der Waals surface area (Å²) in [6.07, 6.45) is 3.30. The van der Waals surface area contributed by atoms with Crippen molar-refractivity contribution in [2.45, 2.75) is 6.54 Å². The van der Waals surface area contributed by atoms with Crippen LogP contribution >= 0.6 is 0 Å². The van der Waals surface area contributed by atoms with Gasteiger partial charge in [-0.25, -0.2) is 4.68 Å². The molecule has 0 fully saturated rings. The van der Waals surface area contributed by atoms with Crippen molar-refractivity contribution >= 4 is 0 Å². The van der Waals surface area contributed by atoms with E-state index < -0.39 is 0 Å². The number of nitriles is 1. The van der Waals surface area contributed by atoms with E-state index in [-0.39, 0.29) is 12.1 Å². The predicted molar refractivity (Wildman–Crippen MR) is 53.9 cm³/mol. The molecule has 2 aromatic rings. The Hall–Kier alpha value is -2.35. The van der Waals surface area contributed by atoms with Crippen LogP contribution in [0.3, 0.4) is 0 Å². The molecule has 1 N–H and O–H groups in total. The Labute approximate surface area is 85.6 Å². The summed E-state index contributed by atoms with van der Waals surface area (Å²) in [5, 5.41) is 11.3. The maximum absolute atomic E-state index is 11.4. The lowest BCUT2D eigenvalue weighted by Crippen LogP contribution is -2.14. The van der Waals surface area contributed by atoms with Crippen LogP contribution in [0.4, 0.5) is 0 Å². The average molecular weight is 200 g/mol. The number of aromatic nitrogens is 3. The molecule has 0 atom stereocenters. The highest BCUT2D eigenvalue weighted by molar-refractivity contribution is 5.57. The van der Waals surface area contributed by atoms with Gasteiger partial charge in [-0.2, -0.15) is 5.26 Å². The molecule has 0 aliphatic rings. The molecule has 0 bridgehead atoms. The Kier molecular flexibility index (Phi) is 2.33. The first-order valence-corrected chi connectivity index (χ1v) is 4.38. The van der Waals surface area contributed by atoms with E-state index in [1.165, 1.54) is 10.7 Å². The van der Waals surface area contributed by atoms with Gasteiger partial charge in [-0.05, 0) is 12.1 Å². The summed E-state index contributed by atoms with van der Waals surface area (Å²) in [6, 6.07) is 6.96. The Morgan fingerprint density at radius 3 is 2.87 bits per heavy atom. The minimum atomic E-state index is -0.205. The van der Waals surface area contributed by atoms with Crippen molar-refractivity contribution < 1.29 is 0 Å². The summed E-state index contributed by atoms with van der Waals surface area (Å²) >= 11 is 0. The zero-order valence-electron chi connectivity index (χ0n) is 7.84. The summed E-state index contributed by atoms with van der Waals surface area (Å²) < 4.78 is 1.26. The summed E-state index contributed by atoms with van der Waals surface area (Å²) in [6.45, 7) is 0.0317. The van der Waals surface area contributed by atoms with Crippen molar-refractivity contribution in [3.63, 3.8) is 0 Å². The van der Waals surface area contributed by atoms with E-state index in [1.54, 1.807) is 24.5 Å². The number of rotatable bonds is 2. The van der Waals surface area contributed by atoms with Gasteiger partial charge in [-0.15, -0.1) is 0 Å². The van der Waals surface area contributed by atoms with Crippen LogP contribution in [0.15, 0.2) is 35.4 Å². The van der Waals surface area contributed by atoms with E-state index in [1.807, 2.05) is 6.07 Å². The fraction of sp³-hybridized carbons (Fsp3) is 0.100. The normalized spacial score (nSPS) is 9.80. The van der Waals surface area contributed by atoms with Crippen LogP contribution in [0.5, 0.6) is 0 Å². The molecule has 0 aliphatic heterocycles. The van der Waals surface area contributed by atoms with Crippen LogP contribution < -0.4 is 5.56 Å². The third-order valence-electron chi connectivity index (χ3n) is 2.01. The van der Waals surface area contributed by atoms with Crippen molar-refractivity contribution in [3.05, 3.63) is 40.9 Å². The van der Waals surface area contributed by atoms with Gasteiger partial charge >= 0.3 is 0 Å². The second-order valence-corrected chi connectivity index (χ2v) is 2.99. The number of aromatic amines is 1. The van der Waals surface area contributed by atoms with E-state index in [2.05, 4.69) is 10.1 Å².